The normalized spacial score (nSPS) is 18.6. The number of aryl methyl sites for hydroxylation is 1. The van der Waals surface area contributed by atoms with Gasteiger partial charge in [-0.2, -0.15) is 24.6 Å². The Morgan fingerprint density at radius 3 is 2.58 bits per heavy atom. The molecule has 0 radical (unpaired) electrons. The summed E-state index contributed by atoms with van der Waals surface area (Å²) < 4.78 is 12.9. The molecule has 0 amide bonds. The number of benzene rings is 1. The van der Waals surface area contributed by atoms with Crippen LogP contribution in [0.15, 0.2) is 84.7 Å². The van der Waals surface area contributed by atoms with Crippen molar-refractivity contribution < 1.29 is 13.9 Å². The van der Waals surface area contributed by atoms with E-state index in [4.69, 9.17) is 4.74 Å². The summed E-state index contributed by atoms with van der Waals surface area (Å²) in [7, 11) is 4.16. The first-order valence-electron chi connectivity index (χ1n) is 12.5. The minimum absolute atomic E-state index is 0.0314. The van der Waals surface area contributed by atoms with E-state index in [9.17, 15) is 0 Å². The Labute approximate surface area is 216 Å². The van der Waals surface area contributed by atoms with Crippen molar-refractivity contribution in [2.24, 2.45) is 7.05 Å². The number of hydrogen-bond acceptors (Lipinski definition) is 2. The fourth-order valence-electron chi connectivity index (χ4n) is 4.64. The highest BCUT2D eigenvalue weighted by atomic mass is 16.5. The van der Waals surface area contributed by atoms with Crippen molar-refractivity contribution in [1.29, 1.82) is 0 Å². The molecule has 2 aliphatic carbocycles. The van der Waals surface area contributed by atoms with Gasteiger partial charge in [0.2, 0.25) is 0 Å². The highest BCUT2D eigenvalue weighted by Crippen LogP contribution is 2.41. The second kappa shape index (κ2) is 8.66. The van der Waals surface area contributed by atoms with Gasteiger partial charge in [-0.3, -0.25) is 4.57 Å². The minimum atomic E-state index is -0.0936. The smallest absolute Gasteiger partial charge is 0.183 e. The number of allylic oxidation sites excluding steroid dienone is 5. The average Bonchev–Trinajstić information content (AvgIpc) is 3.27. The Hall–Kier alpha value is -3.86. The number of rotatable bonds is 4. The summed E-state index contributed by atoms with van der Waals surface area (Å²) in [5, 5.41) is 0. The van der Waals surface area contributed by atoms with Crippen LogP contribution in [0.5, 0.6) is 5.75 Å². The third-order valence-electron chi connectivity index (χ3n) is 7.15. The van der Waals surface area contributed by atoms with Gasteiger partial charge < -0.3 is 18.8 Å². The third-order valence-corrected chi connectivity index (χ3v) is 7.15. The summed E-state index contributed by atoms with van der Waals surface area (Å²) in [5.74, 6) is 1.63. The first kappa shape index (κ1) is 23.9. The van der Waals surface area contributed by atoms with Gasteiger partial charge in [-0.05, 0) is 54.8 Å². The van der Waals surface area contributed by atoms with E-state index < -0.39 is 0 Å². The molecule has 5 nitrogen and oxygen atoms in total. The number of imidazole rings is 1. The van der Waals surface area contributed by atoms with E-state index in [-0.39, 0.29) is 11.0 Å². The lowest BCUT2D eigenvalue weighted by Gasteiger charge is -2.50. The van der Waals surface area contributed by atoms with Crippen molar-refractivity contribution in [2.45, 2.75) is 45.6 Å². The molecule has 1 aromatic heterocycles. The lowest BCUT2D eigenvalue weighted by molar-refractivity contribution is -0.644. The number of fused-ring (bicyclic) bond motifs is 1. The average molecular weight is 481 g/mol. The Kier molecular flexibility index (Phi) is 5.74. The molecule has 3 aliphatic rings. The zero-order chi connectivity index (χ0) is 25.7. The monoisotopic (exact) mass is 480 g/mol. The number of aromatic nitrogens is 2. The van der Waals surface area contributed by atoms with Crippen molar-refractivity contribution in [3.8, 4) is 5.75 Å². The Morgan fingerprint density at radius 2 is 1.86 bits per heavy atom. The van der Waals surface area contributed by atoms with Gasteiger partial charge in [0.25, 0.3) is 0 Å². The lowest BCUT2D eigenvalue weighted by Crippen LogP contribution is -2.50. The molecular weight excluding hydrogens is 444 g/mol. The summed E-state index contributed by atoms with van der Waals surface area (Å²) in [5.41, 5.74) is 3.48. The molecule has 36 heavy (non-hydrogen) atoms. The van der Waals surface area contributed by atoms with E-state index in [2.05, 4.69) is 117 Å². The summed E-state index contributed by atoms with van der Waals surface area (Å²) in [6, 6.07) is 8.83. The molecule has 188 valence electrons. The lowest BCUT2D eigenvalue weighted by atomic mass is 9.81. The third kappa shape index (κ3) is 4.41. The van der Waals surface area contributed by atoms with Crippen LogP contribution in [0.3, 0.4) is 0 Å². The van der Waals surface area contributed by atoms with Gasteiger partial charge >= 0.3 is 0 Å². The topological polar surface area (TPSA) is 24.3 Å². The molecule has 5 heteroatoms. The van der Waals surface area contributed by atoms with Crippen molar-refractivity contribution in [1.82, 2.24) is 9.47 Å². The van der Waals surface area contributed by atoms with Crippen LogP contribution in [-0.2, 0) is 12.5 Å². The van der Waals surface area contributed by atoms with Crippen LogP contribution in [0.25, 0.3) is 0 Å². The summed E-state index contributed by atoms with van der Waals surface area (Å²) in [6.07, 6.45) is 25.2. The first-order valence-corrected chi connectivity index (χ1v) is 12.5. The second-order valence-corrected chi connectivity index (χ2v) is 11.2. The maximum absolute atomic E-state index is 6.50. The van der Waals surface area contributed by atoms with Crippen LogP contribution in [-0.4, -0.2) is 33.0 Å². The van der Waals surface area contributed by atoms with Gasteiger partial charge in [-0.1, -0.05) is 26.8 Å². The van der Waals surface area contributed by atoms with E-state index in [1.165, 1.54) is 17.2 Å². The Balaban J connectivity index is 1.53. The van der Waals surface area contributed by atoms with Crippen LogP contribution in [0.4, 0.5) is 5.69 Å². The van der Waals surface area contributed by atoms with Crippen molar-refractivity contribution in [3.63, 3.8) is 0 Å². The molecule has 0 saturated carbocycles. The van der Waals surface area contributed by atoms with Gasteiger partial charge in [0.05, 0.1) is 37.7 Å². The minimum Gasteiger partial charge on any atom is -0.518 e. The highest BCUT2D eigenvalue weighted by molar-refractivity contribution is 5.63. The second-order valence-electron chi connectivity index (χ2n) is 11.2. The SMILES string of the molecule is CN1C=[N+](c2cc(OC3=C[C-]([n+]4ccn(C)c4)C=C[CH-]3)cc(C(C)(C)C)c2)[C-]2C=C[CH-]C=C2C1(C)C. The molecular formula is C31H36N4O-2. The molecule has 5 rings (SSSR count). The predicted octanol–water partition coefficient (Wildman–Crippen LogP) is 5.36. The fourth-order valence-corrected chi connectivity index (χ4v) is 4.64. The molecule has 0 N–H and O–H groups in total. The van der Waals surface area contributed by atoms with Crippen molar-refractivity contribution >= 4 is 12.0 Å². The largest absolute Gasteiger partial charge is 0.518 e. The maximum Gasteiger partial charge on any atom is 0.183 e. The summed E-state index contributed by atoms with van der Waals surface area (Å²) in [6.45, 7) is 11.2. The molecule has 0 saturated heterocycles. The molecule has 1 aromatic carbocycles. The molecule has 2 aromatic rings. The van der Waals surface area contributed by atoms with E-state index in [1.807, 2.05) is 42.8 Å². The van der Waals surface area contributed by atoms with Gasteiger partial charge in [0.15, 0.2) is 12.7 Å². The van der Waals surface area contributed by atoms with Crippen molar-refractivity contribution in [3.05, 3.63) is 115 Å². The fraction of sp³-hybridized carbons (Fsp3) is 0.290. The Bertz CT molecular complexity index is 1310. The molecule has 0 atom stereocenters. The highest BCUT2D eigenvalue weighted by Gasteiger charge is 2.34. The Morgan fingerprint density at radius 1 is 1.06 bits per heavy atom. The molecule has 0 spiro atoms. The molecule has 0 bridgehead atoms. The van der Waals surface area contributed by atoms with Gasteiger partial charge in [-0.15, -0.1) is 5.57 Å². The predicted molar refractivity (Wildman–Crippen MR) is 144 cm³/mol. The standard InChI is InChI=1S/C31H36N4O/c1-30(2,3)23-17-25(35-22-33(7)31(4,5)28-13-8-9-14-29(28)35)20-27(18-23)36-26-12-10-11-24(19-26)34-16-15-32(6)21-34/h8-22H,1-7H3/q-2. The quantitative estimate of drug-likeness (QED) is 0.435. The van der Waals surface area contributed by atoms with Crippen LogP contribution in [0.1, 0.15) is 40.2 Å². The van der Waals surface area contributed by atoms with Crippen molar-refractivity contribution in [2.75, 3.05) is 7.05 Å². The van der Waals surface area contributed by atoms with Crippen LogP contribution >= 0.6 is 0 Å². The van der Waals surface area contributed by atoms with Crippen LogP contribution in [0, 0.1) is 24.9 Å². The van der Waals surface area contributed by atoms with Gasteiger partial charge in [0, 0.05) is 0 Å². The van der Waals surface area contributed by atoms with Crippen LogP contribution < -0.4 is 9.30 Å². The summed E-state index contributed by atoms with van der Waals surface area (Å²) in [4.78, 5) is 2.28. The van der Waals surface area contributed by atoms with Crippen LogP contribution in [0.2, 0.25) is 0 Å². The number of likely N-dealkylation sites (N-methyl/N-ethyl adjacent to an activating group) is 1. The molecule has 0 unspecified atom stereocenters. The molecule has 1 aliphatic heterocycles. The first-order chi connectivity index (χ1) is 17.0. The van der Waals surface area contributed by atoms with E-state index in [1.54, 1.807) is 0 Å². The number of nitrogens with zero attached hydrogens (tertiary/aromatic N) is 4. The molecule has 2 heterocycles. The molecule has 0 fully saturated rings. The van der Waals surface area contributed by atoms with E-state index in [0.717, 1.165) is 23.2 Å². The maximum atomic E-state index is 6.50. The zero-order valence-corrected chi connectivity index (χ0v) is 22.4. The zero-order valence-electron chi connectivity index (χ0n) is 22.4. The number of hydrogen-bond donors (Lipinski definition) is 0. The van der Waals surface area contributed by atoms with Gasteiger partial charge in [-0.25, -0.2) is 24.6 Å². The van der Waals surface area contributed by atoms with E-state index >= 15 is 0 Å². The van der Waals surface area contributed by atoms with E-state index in [0.29, 0.717) is 0 Å². The van der Waals surface area contributed by atoms with Gasteiger partial charge in [0.1, 0.15) is 5.75 Å². The number of ether oxygens (including phenoxy) is 1. The summed E-state index contributed by atoms with van der Waals surface area (Å²) >= 11 is 0.